The van der Waals surface area contributed by atoms with Gasteiger partial charge in [0, 0.05) is 12.6 Å². The Morgan fingerprint density at radius 2 is 1.88 bits per heavy atom. The minimum absolute atomic E-state index is 0.151. The molecule has 2 amide bonds. The van der Waals surface area contributed by atoms with Gasteiger partial charge in [-0.05, 0) is 31.1 Å². The zero-order valence-corrected chi connectivity index (χ0v) is 16.4. The molecule has 8 heteroatoms. The fraction of sp³-hybridized carbons (Fsp3) is 0.833. The summed E-state index contributed by atoms with van der Waals surface area (Å²) < 4.78 is 4.73. The molecule has 1 aliphatic rings. The van der Waals surface area contributed by atoms with Gasteiger partial charge in [-0.15, -0.1) is 0 Å². The molecule has 26 heavy (non-hydrogen) atoms. The number of aliphatic hydroxyl groups is 1. The lowest BCUT2D eigenvalue weighted by molar-refractivity contribution is -0.149. The number of hydrogen-bond donors (Lipinski definition) is 3. The van der Waals surface area contributed by atoms with E-state index in [2.05, 4.69) is 5.32 Å². The van der Waals surface area contributed by atoms with E-state index in [-0.39, 0.29) is 11.8 Å². The minimum atomic E-state index is -1.34. The van der Waals surface area contributed by atoms with Crippen LogP contribution in [0.1, 0.15) is 47.0 Å². The average molecular weight is 371 g/mol. The fourth-order valence-electron chi connectivity index (χ4n) is 3.20. The van der Waals surface area contributed by atoms with Crippen LogP contribution in [0.15, 0.2) is 0 Å². The lowest BCUT2D eigenvalue weighted by Gasteiger charge is -2.30. The van der Waals surface area contributed by atoms with Crippen LogP contribution in [0.3, 0.4) is 0 Å². The summed E-state index contributed by atoms with van der Waals surface area (Å²) in [7, 11) is 1.27. The standard InChI is InChI=1S/C18H33N3O5/c1-10(2)9-12(19)15(22)17(24)21-8-6-7-13(21)16(23)20-14(11(3)4)18(25)26-5/h10-15,22H,6-9,19H2,1-5H3,(H,20,23)/t12-,13+,14+,15+/m1/s1. The summed E-state index contributed by atoms with van der Waals surface area (Å²) in [5, 5.41) is 12.9. The van der Waals surface area contributed by atoms with Gasteiger partial charge in [0.2, 0.25) is 5.91 Å². The van der Waals surface area contributed by atoms with E-state index in [0.29, 0.717) is 25.8 Å². The van der Waals surface area contributed by atoms with Crippen molar-refractivity contribution in [3.63, 3.8) is 0 Å². The Hall–Kier alpha value is -1.67. The van der Waals surface area contributed by atoms with E-state index in [4.69, 9.17) is 10.5 Å². The molecular formula is C18H33N3O5. The minimum Gasteiger partial charge on any atom is -0.467 e. The number of amides is 2. The second kappa shape index (κ2) is 9.87. The second-order valence-corrected chi connectivity index (χ2v) is 7.68. The summed E-state index contributed by atoms with van der Waals surface area (Å²) in [4.78, 5) is 38.5. The number of esters is 1. The lowest BCUT2D eigenvalue weighted by atomic mass is 9.99. The SMILES string of the molecule is COC(=O)[C@@H](NC(=O)[C@@H]1CCCN1C(=O)[C@@H](O)[C@H](N)CC(C)C)C(C)C. The number of nitrogens with zero attached hydrogens (tertiary/aromatic N) is 1. The highest BCUT2D eigenvalue weighted by atomic mass is 16.5. The van der Waals surface area contributed by atoms with E-state index in [1.165, 1.54) is 12.0 Å². The van der Waals surface area contributed by atoms with Gasteiger partial charge < -0.3 is 25.8 Å². The number of nitrogens with one attached hydrogen (secondary N) is 1. The normalized spacial score (nSPS) is 20.8. The van der Waals surface area contributed by atoms with Crippen molar-refractivity contribution in [1.82, 2.24) is 10.2 Å². The molecule has 0 spiro atoms. The van der Waals surface area contributed by atoms with Gasteiger partial charge in [0.15, 0.2) is 0 Å². The summed E-state index contributed by atoms with van der Waals surface area (Å²) >= 11 is 0. The molecule has 0 aromatic carbocycles. The van der Waals surface area contributed by atoms with Gasteiger partial charge in [0.05, 0.1) is 7.11 Å². The highest BCUT2D eigenvalue weighted by Crippen LogP contribution is 2.21. The first-order valence-corrected chi connectivity index (χ1v) is 9.22. The zero-order chi connectivity index (χ0) is 20.0. The number of nitrogens with two attached hydrogens (primary N) is 1. The summed E-state index contributed by atoms with van der Waals surface area (Å²) in [5.74, 6) is -1.37. The molecule has 0 aromatic heterocycles. The summed E-state index contributed by atoms with van der Waals surface area (Å²) in [5.41, 5.74) is 5.93. The molecule has 1 aliphatic heterocycles. The van der Waals surface area contributed by atoms with Crippen molar-refractivity contribution in [2.24, 2.45) is 17.6 Å². The van der Waals surface area contributed by atoms with Gasteiger partial charge in [0.25, 0.3) is 5.91 Å². The molecule has 0 saturated carbocycles. The molecule has 8 nitrogen and oxygen atoms in total. The van der Waals surface area contributed by atoms with Gasteiger partial charge in [-0.25, -0.2) is 4.79 Å². The van der Waals surface area contributed by atoms with Crippen molar-refractivity contribution in [1.29, 1.82) is 0 Å². The maximum Gasteiger partial charge on any atom is 0.328 e. The van der Waals surface area contributed by atoms with Crippen molar-refractivity contribution in [3.05, 3.63) is 0 Å². The predicted molar refractivity (Wildman–Crippen MR) is 97.0 cm³/mol. The van der Waals surface area contributed by atoms with E-state index in [0.717, 1.165) is 0 Å². The lowest BCUT2D eigenvalue weighted by Crippen LogP contribution is -2.56. The number of carbonyl (C=O) groups is 3. The van der Waals surface area contributed by atoms with Crippen LogP contribution in [0.4, 0.5) is 0 Å². The largest absolute Gasteiger partial charge is 0.467 e. The number of rotatable bonds is 8. The third-order valence-corrected chi connectivity index (χ3v) is 4.66. The van der Waals surface area contributed by atoms with Gasteiger partial charge in [-0.3, -0.25) is 9.59 Å². The van der Waals surface area contributed by atoms with Crippen LogP contribution in [0.25, 0.3) is 0 Å². The van der Waals surface area contributed by atoms with Crippen molar-refractivity contribution < 1.29 is 24.2 Å². The number of methoxy groups -OCH3 is 1. The molecule has 0 bridgehead atoms. The van der Waals surface area contributed by atoms with E-state index < -0.39 is 42.0 Å². The monoisotopic (exact) mass is 371 g/mol. The predicted octanol–water partition coefficient (Wildman–Crippen LogP) is 0.0255. The Kier molecular flexibility index (Phi) is 8.49. The van der Waals surface area contributed by atoms with Crippen molar-refractivity contribution >= 4 is 17.8 Å². The molecule has 0 aromatic rings. The van der Waals surface area contributed by atoms with Crippen LogP contribution in [-0.2, 0) is 19.1 Å². The molecule has 1 fully saturated rings. The van der Waals surface area contributed by atoms with Crippen LogP contribution < -0.4 is 11.1 Å². The highest BCUT2D eigenvalue weighted by Gasteiger charge is 2.39. The topological polar surface area (TPSA) is 122 Å². The van der Waals surface area contributed by atoms with Crippen molar-refractivity contribution in [2.45, 2.75) is 71.2 Å². The molecule has 0 unspecified atom stereocenters. The smallest absolute Gasteiger partial charge is 0.328 e. The molecule has 0 radical (unpaired) electrons. The Bertz CT molecular complexity index is 509. The third kappa shape index (κ3) is 5.67. The van der Waals surface area contributed by atoms with Crippen LogP contribution >= 0.6 is 0 Å². The first-order chi connectivity index (χ1) is 12.1. The van der Waals surface area contributed by atoms with Crippen LogP contribution in [0, 0.1) is 11.8 Å². The Morgan fingerprint density at radius 1 is 1.27 bits per heavy atom. The number of carbonyl (C=O) groups excluding carboxylic acids is 3. The maximum atomic E-state index is 12.6. The summed E-state index contributed by atoms with van der Waals surface area (Å²) in [6.07, 6.45) is 0.304. The van der Waals surface area contributed by atoms with Gasteiger partial charge in [-0.1, -0.05) is 27.7 Å². The Balaban J connectivity index is 2.81. The molecule has 4 N–H and O–H groups in total. The van der Waals surface area contributed by atoms with Gasteiger partial charge >= 0.3 is 5.97 Å². The van der Waals surface area contributed by atoms with Crippen LogP contribution in [0.2, 0.25) is 0 Å². The summed E-state index contributed by atoms with van der Waals surface area (Å²) in [6, 6.07) is -2.17. The molecule has 150 valence electrons. The fourth-order valence-corrected chi connectivity index (χ4v) is 3.20. The van der Waals surface area contributed by atoms with E-state index in [9.17, 15) is 19.5 Å². The van der Waals surface area contributed by atoms with E-state index in [1.807, 2.05) is 13.8 Å². The van der Waals surface area contributed by atoms with Crippen LogP contribution in [0.5, 0.6) is 0 Å². The van der Waals surface area contributed by atoms with Crippen molar-refractivity contribution in [2.75, 3.05) is 13.7 Å². The number of hydrogen-bond acceptors (Lipinski definition) is 6. The molecule has 1 heterocycles. The first-order valence-electron chi connectivity index (χ1n) is 9.22. The van der Waals surface area contributed by atoms with Gasteiger partial charge in [0.1, 0.15) is 18.2 Å². The summed E-state index contributed by atoms with van der Waals surface area (Å²) in [6.45, 7) is 7.90. The van der Waals surface area contributed by atoms with E-state index >= 15 is 0 Å². The average Bonchev–Trinajstić information content (AvgIpc) is 3.06. The van der Waals surface area contributed by atoms with Crippen LogP contribution in [-0.4, -0.2) is 65.7 Å². The number of ether oxygens (including phenoxy) is 1. The Morgan fingerprint density at radius 3 is 2.38 bits per heavy atom. The number of likely N-dealkylation sites (tertiary alicyclic amines) is 1. The second-order valence-electron chi connectivity index (χ2n) is 7.68. The third-order valence-electron chi connectivity index (χ3n) is 4.66. The molecule has 1 saturated heterocycles. The van der Waals surface area contributed by atoms with E-state index in [1.54, 1.807) is 13.8 Å². The zero-order valence-electron chi connectivity index (χ0n) is 16.4. The highest BCUT2D eigenvalue weighted by molar-refractivity contribution is 5.92. The number of aliphatic hydroxyl groups excluding tert-OH is 1. The van der Waals surface area contributed by atoms with Crippen molar-refractivity contribution in [3.8, 4) is 0 Å². The molecule has 1 rings (SSSR count). The van der Waals surface area contributed by atoms with Gasteiger partial charge in [-0.2, -0.15) is 0 Å². The quantitative estimate of drug-likeness (QED) is 0.517. The molecule has 4 atom stereocenters. The maximum absolute atomic E-state index is 12.6. The Labute approximate surface area is 155 Å². The first kappa shape index (κ1) is 22.4. The molecule has 0 aliphatic carbocycles. The molecular weight excluding hydrogens is 338 g/mol.